The van der Waals surface area contributed by atoms with E-state index in [2.05, 4.69) is 10.2 Å². The van der Waals surface area contributed by atoms with Gasteiger partial charge in [-0.3, -0.25) is 0 Å². The maximum Gasteiger partial charge on any atom is 0.0235 e. The van der Waals surface area contributed by atoms with Crippen LogP contribution in [-0.2, 0) is 0 Å². The lowest BCUT2D eigenvalue weighted by Gasteiger charge is -2.57. The highest BCUT2D eigenvalue weighted by molar-refractivity contribution is 5.04. The van der Waals surface area contributed by atoms with Crippen molar-refractivity contribution in [3.8, 4) is 0 Å². The largest absolute Gasteiger partial charge is 0.312 e. The van der Waals surface area contributed by atoms with Crippen LogP contribution in [0.4, 0.5) is 0 Å². The number of rotatable bonds is 2. The third-order valence-electron chi connectivity index (χ3n) is 7.40. The van der Waals surface area contributed by atoms with Gasteiger partial charge in [0.25, 0.3) is 0 Å². The Kier molecular flexibility index (Phi) is 2.78. The summed E-state index contributed by atoms with van der Waals surface area (Å²) < 4.78 is 0. The van der Waals surface area contributed by atoms with Gasteiger partial charge in [0, 0.05) is 25.7 Å². The average Bonchev–Trinajstić information content (AvgIpc) is 2.77. The smallest absolute Gasteiger partial charge is 0.0235 e. The summed E-state index contributed by atoms with van der Waals surface area (Å²) in [5, 5.41) is 3.78. The van der Waals surface area contributed by atoms with Crippen molar-refractivity contribution in [2.75, 3.05) is 26.2 Å². The molecule has 20 heavy (non-hydrogen) atoms. The van der Waals surface area contributed by atoms with Crippen LogP contribution in [0.25, 0.3) is 0 Å². The van der Waals surface area contributed by atoms with E-state index < -0.39 is 0 Å². The number of nitrogens with zero attached hydrogens (tertiary/aromatic N) is 1. The topological polar surface area (TPSA) is 15.3 Å². The minimum Gasteiger partial charge on any atom is -0.312 e. The van der Waals surface area contributed by atoms with Gasteiger partial charge in [-0.15, -0.1) is 0 Å². The van der Waals surface area contributed by atoms with Gasteiger partial charge in [-0.25, -0.2) is 0 Å². The summed E-state index contributed by atoms with van der Waals surface area (Å²) in [4.78, 5) is 2.86. The number of fused-ring (bicyclic) bond motifs is 1. The summed E-state index contributed by atoms with van der Waals surface area (Å²) in [7, 11) is 0. The first-order chi connectivity index (χ1) is 9.78. The second-order valence-corrected chi connectivity index (χ2v) is 9.07. The Morgan fingerprint density at radius 2 is 1.65 bits per heavy atom. The van der Waals surface area contributed by atoms with Gasteiger partial charge in [0.15, 0.2) is 0 Å². The van der Waals surface area contributed by atoms with Gasteiger partial charge in [-0.1, -0.05) is 0 Å². The van der Waals surface area contributed by atoms with E-state index in [9.17, 15) is 0 Å². The molecule has 2 aliphatic heterocycles. The van der Waals surface area contributed by atoms with Crippen LogP contribution in [0.3, 0.4) is 0 Å². The monoisotopic (exact) mass is 274 g/mol. The van der Waals surface area contributed by atoms with Crippen LogP contribution in [-0.4, -0.2) is 37.1 Å². The minimum atomic E-state index is 0.752. The highest BCUT2D eigenvalue weighted by Gasteiger charge is 2.52. The summed E-state index contributed by atoms with van der Waals surface area (Å²) in [6, 6.07) is 0.831. The summed E-state index contributed by atoms with van der Waals surface area (Å²) in [5.74, 6) is 4.32. The van der Waals surface area contributed by atoms with Crippen LogP contribution in [0, 0.1) is 29.1 Å². The molecule has 2 heteroatoms. The third-order valence-corrected chi connectivity index (χ3v) is 7.40. The van der Waals surface area contributed by atoms with Crippen molar-refractivity contribution in [2.24, 2.45) is 29.1 Å². The van der Waals surface area contributed by atoms with E-state index in [0.717, 1.165) is 35.1 Å². The Hall–Kier alpha value is -0.0800. The lowest BCUT2D eigenvalue weighted by Crippen LogP contribution is -2.51. The number of nitrogens with one attached hydrogen (secondary N) is 1. The lowest BCUT2D eigenvalue weighted by molar-refractivity contribution is -0.0669. The third kappa shape index (κ3) is 1.98. The predicted octanol–water partition coefficient (Wildman–Crippen LogP) is 2.89. The fourth-order valence-corrected chi connectivity index (χ4v) is 7.22. The van der Waals surface area contributed by atoms with Crippen LogP contribution < -0.4 is 5.32 Å². The molecule has 0 aromatic carbocycles. The molecule has 4 bridgehead atoms. The molecule has 4 saturated carbocycles. The van der Waals surface area contributed by atoms with E-state index in [1.807, 2.05) is 0 Å². The SMILES string of the molecule is C1CNC2CN(CC34CC5CC(CC(C5)C3)C4)CC2C1. The van der Waals surface area contributed by atoms with E-state index in [0.29, 0.717) is 0 Å². The Morgan fingerprint density at radius 3 is 2.30 bits per heavy atom. The molecule has 0 radical (unpaired) electrons. The normalized spacial score (nSPS) is 54.3. The molecule has 0 amide bonds. The van der Waals surface area contributed by atoms with Gasteiger partial charge in [0.2, 0.25) is 0 Å². The van der Waals surface area contributed by atoms with Crippen molar-refractivity contribution in [1.82, 2.24) is 10.2 Å². The van der Waals surface area contributed by atoms with Gasteiger partial charge in [-0.2, -0.15) is 0 Å². The van der Waals surface area contributed by atoms with Crippen molar-refractivity contribution >= 4 is 0 Å². The van der Waals surface area contributed by atoms with Gasteiger partial charge < -0.3 is 10.2 Å². The van der Waals surface area contributed by atoms with Crippen molar-refractivity contribution in [3.05, 3.63) is 0 Å². The van der Waals surface area contributed by atoms with E-state index in [-0.39, 0.29) is 0 Å². The van der Waals surface area contributed by atoms with Gasteiger partial charge in [0.1, 0.15) is 0 Å². The molecule has 2 atom stereocenters. The molecular weight excluding hydrogens is 244 g/mol. The van der Waals surface area contributed by atoms with Crippen molar-refractivity contribution in [3.63, 3.8) is 0 Å². The predicted molar refractivity (Wildman–Crippen MR) is 81.6 cm³/mol. The molecule has 1 N–H and O–H groups in total. The number of hydrogen-bond acceptors (Lipinski definition) is 2. The molecule has 2 nitrogen and oxygen atoms in total. The number of hydrogen-bond donors (Lipinski definition) is 1. The van der Waals surface area contributed by atoms with Crippen LogP contribution in [0.15, 0.2) is 0 Å². The molecule has 0 aromatic heterocycles. The Bertz CT molecular complexity index is 342. The standard InChI is InChI=1S/C18H30N2/c1-2-16-10-20(11-17(16)19-3-1)12-18-7-13-4-14(8-18)6-15(5-13)9-18/h13-17,19H,1-12H2. The van der Waals surface area contributed by atoms with Crippen LogP contribution in [0.2, 0.25) is 0 Å². The second kappa shape index (κ2) is 4.46. The molecule has 112 valence electrons. The molecule has 2 heterocycles. The van der Waals surface area contributed by atoms with Crippen molar-refractivity contribution in [2.45, 2.75) is 57.4 Å². The quantitative estimate of drug-likeness (QED) is 0.833. The lowest BCUT2D eigenvalue weighted by atomic mass is 9.49. The van der Waals surface area contributed by atoms with Crippen LogP contribution >= 0.6 is 0 Å². The highest BCUT2D eigenvalue weighted by Crippen LogP contribution is 2.60. The fraction of sp³-hybridized carbons (Fsp3) is 1.00. The van der Waals surface area contributed by atoms with E-state index >= 15 is 0 Å². The van der Waals surface area contributed by atoms with Gasteiger partial charge in [-0.05, 0) is 87.0 Å². The van der Waals surface area contributed by atoms with Gasteiger partial charge >= 0.3 is 0 Å². The second-order valence-electron chi connectivity index (χ2n) is 9.07. The summed E-state index contributed by atoms with van der Waals surface area (Å²) >= 11 is 0. The van der Waals surface area contributed by atoms with E-state index in [1.54, 1.807) is 38.5 Å². The summed E-state index contributed by atoms with van der Waals surface area (Å²) in [5.41, 5.74) is 0.752. The molecule has 6 fully saturated rings. The molecule has 6 rings (SSSR count). The Balaban J connectivity index is 1.30. The molecular formula is C18H30N2. The molecule has 2 unspecified atom stereocenters. The zero-order chi connectivity index (χ0) is 13.2. The summed E-state index contributed by atoms with van der Waals surface area (Å²) in [6.45, 7) is 5.48. The highest BCUT2D eigenvalue weighted by atomic mass is 15.2. The first-order valence-corrected chi connectivity index (χ1v) is 9.24. The van der Waals surface area contributed by atoms with E-state index in [1.165, 1.54) is 39.0 Å². The Morgan fingerprint density at radius 1 is 0.950 bits per heavy atom. The molecule has 6 aliphatic rings. The number of piperidine rings is 1. The minimum absolute atomic E-state index is 0.752. The molecule has 0 spiro atoms. The maximum atomic E-state index is 3.78. The first kappa shape index (κ1) is 12.5. The molecule has 0 aromatic rings. The zero-order valence-electron chi connectivity index (χ0n) is 12.8. The van der Waals surface area contributed by atoms with Crippen molar-refractivity contribution < 1.29 is 0 Å². The fourth-order valence-electron chi connectivity index (χ4n) is 7.22. The first-order valence-electron chi connectivity index (χ1n) is 9.24. The summed E-state index contributed by atoms with van der Waals surface area (Å²) in [6.07, 6.45) is 12.4. The molecule has 2 saturated heterocycles. The zero-order valence-corrected chi connectivity index (χ0v) is 12.8. The van der Waals surface area contributed by atoms with E-state index in [4.69, 9.17) is 0 Å². The molecule has 4 aliphatic carbocycles. The van der Waals surface area contributed by atoms with Crippen LogP contribution in [0.5, 0.6) is 0 Å². The van der Waals surface area contributed by atoms with Crippen LogP contribution in [0.1, 0.15) is 51.4 Å². The Labute approximate surface area is 123 Å². The maximum absolute atomic E-state index is 3.78. The van der Waals surface area contributed by atoms with Crippen molar-refractivity contribution in [1.29, 1.82) is 0 Å². The number of likely N-dealkylation sites (tertiary alicyclic amines) is 1. The van der Waals surface area contributed by atoms with Gasteiger partial charge in [0.05, 0.1) is 0 Å². The average molecular weight is 274 g/mol.